The van der Waals surface area contributed by atoms with Gasteiger partial charge in [-0.1, -0.05) is 6.07 Å². The Labute approximate surface area is 140 Å². The number of amides is 1. The van der Waals surface area contributed by atoms with Crippen LogP contribution in [0.2, 0.25) is 0 Å². The lowest BCUT2D eigenvalue weighted by molar-refractivity contribution is 0.103. The average molecular weight is 338 g/mol. The molecule has 0 aliphatic carbocycles. The van der Waals surface area contributed by atoms with Crippen LogP contribution in [0, 0.1) is 6.92 Å². The highest BCUT2D eigenvalue weighted by Gasteiger charge is 2.19. The highest BCUT2D eigenvalue weighted by molar-refractivity contribution is 7.20. The van der Waals surface area contributed by atoms with Crippen molar-refractivity contribution >= 4 is 44.1 Å². The second-order valence-electron chi connectivity index (χ2n) is 5.59. The number of benzene rings is 1. The minimum absolute atomic E-state index is 0.224. The lowest BCUT2D eigenvalue weighted by atomic mass is 10.2. The summed E-state index contributed by atoms with van der Waals surface area (Å²) in [6.45, 7) is 1.77. The zero-order valence-corrected chi connectivity index (χ0v) is 13.9. The van der Waals surface area contributed by atoms with E-state index in [9.17, 15) is 9.59 Å². The summed E-state index contributed by atoms with van der Waals surface area (Å²) < 4.78 is 2.00. The molecule has 0 aliphatic heterocycles. The minimum Gasteiger partial charge on any atom is -0.350 e. The molecule has 1 aromatic carbocycles. The molecule has 0 fully saturated rings. The predicted molar refractivity (Wildman–Crippen MR) is 95.8 cm³/mol. The smallest absolute Gasteiger partial charge is 0.266 e. The fraction of sp³-hybridized carbons (Fsp3) is 0.118. The normalized spacial score (nSPS) is 11.2. The molecule has 7 heteroatoms. The summed E-state index contributed by atoms with van der Waals surface area (Å²) in [6.07, 6.45) is 3.31. The number of hydrogen-bond donors (Lipinski definition) is 2. The maximum absolute atomic E-state index is 12.7. The summed E-state index contributed by atoms with van der Waals surface area (Å²) >= 11 is 1.23. The summed E-state index contributed by atoms with van der Waals surface area (Å²) in [5.41, 5.74) is 2.22. The molecule has 0 saturated heterocycles. The van der Waals surface area contributed by atoms with Crippen LogP contribution in [0.4, 0.5) is 5.69 Å². The van der Waals surface area contributed by atoms with Gasteiger partial charge in [-0.15, -0.1) is 11.3 Å². The molecule has 3 aromatic heterocycles. The quantitative estimate of drug-likeness (QED) is 0.589. The Morgan fingerprint density at radius 1 is 1.33 bits per heavy atom. The molecule has 0 aliphatic rings. The van der Waals surface area contributed by atoms with Gasteiger partial charge in [-0.25, -0.2) is 4.98 Å². The summed E-state index contributed by atoms with van der Waals surface area (Å²) in [5.74, 6) is -0.230. The van der Waals surface area contributed by atoms with Gasteiger partial charge < -0.3 is 14.9 Å². The van der Waals surface area contributed by atoms with Crippen molar-refractivity contribution in [1.82, 2.24) is 14.5 Å². The van der Waals surface area contributed by atoms with E-state index in [0.29, 0.717) is 20.7 Å². The van der Waals surface area contributed by atoms with Crippen molar-refractivity contribution in [3.05, 3.63) is 57.6 Å². The Hall–Kier alpha value is -2.93. The molecule has 0 radical (unpaired) electrons. The van der Waals surface area contributed by atoms with Crippen LogP contribution in [0.5, 0.6) is 0 Å². The monoisotopic (exact) mass is 338 g/mol. The van der Waals surface area contributed by atoms with Gasteiger partial charge in [0.05, 0.1) is 22.3 Å². The standard InChI is InChI=1S/C17H14N4O2S/c1-9-13-15(22)18-8-19-17(13)24-14(9)16(23)20-11-4-3-5-12-10(11)6-7-21(12)2/h3-8H,1-2H3,(H,20,23)(H,18,19,22). The van der Waals surface area contributed by atoms with Crippen molar-refractivity contribution in [1.29, 1.82) is 0 Å². The Balaban J connectivity index is 1.78. The highest BCUT2D eigenvalue weighted by Crippen LogP contribution is 2.29. The van der Waals surface area contributed by atoms with E-state index in [2.05, 4.69) is 15.3 Å². The van der Waals surface area contributed by atoms with Crippen LogP contribution in [-0.2, 0) is 7.05 Å². The molecule has 2 N–H and O–H groups in total. The summed E-state index contributed by atoms with van der Waals surface area (Å²) in [6, 6.07) is 7.74. The number of thiophene rings is 1. The van der Waals surface area contributed by atoms with Gasteiger partial charge in [-0.05, 0) is 30.7 Å². The number of nitrogens with zero attached hydrogens (tertiary/aromatic N) is 2. The zero-order chi connectivity index (χ0) is 16.8. The van der Waals surface area contributed by atoms with Crippen LogP contribution >= 0.6 is 11.3 Å². The van der Waals surface area contributed by atoms with Crippen molar-refractivity contribution in [2.75, 3.05) is 5.32 Å². The number of rotatable bonds is 2. The number of hydrogen-bond acceptors (Lipinski definition) is 4. The van der Waals surface area contributed by atoms with Crippen molar-refractivity contribution in [2.24, 2.45) is 7.05 Å². The van der Waals surface area contributed by atoms with Crippen molar-refractivity contribution in [2.45, 2.75) is 6.92 Å². The van der Waals surface area contributed by atoms with E-state index in [4.69, 9.17) is 0 Å². The van der Waals surface area contributed by atoms with Gasteiger partial charge in [0.15, 0.2) is 0 Å². The number of anilines is 1. The molecule has 1 amide bonds. The van der Waals surface area contributed by atoms with Crippen molar-refractivity contribution < 1.29 is 4.79 Å². The van der Waals surface area contributed by atoms with Crippen molar-refractivity contribution in [3.63, 3.8) is 0 Å². The molecular weight excluding hydrogens is 324 g/mol. The first-order valence-electron chi connectivity index (χ1n) is 7.38. The summed E-state index contributed by atoms with van der Waals surface area (Å²) in [4.78, 5) is 32.4. The van der Waals surface area contributed by atoms with Gasteiger partial charge in [0.1, 0.15) is 4.83 Å². The fourth-order valence-corrected chi connectivity index (χ4v) is 3.93. The number of H-pyrrole nitrogens is 1. The number of nitrogens with one attached hydrogen (secondary N) is 2. The van der Waals surface area contributed by atoms with E-state index in [0.717, 1.165) is 16.6 Å². The number of fused-ring (bicyclic) bond motifs is 2. The van der Waals surface area contributed by atoms with Crippen molar-refractivity contribution in [3.8, 4) is 0 Å². The number of carbonyl (C=O) groups excluding carboxylic acids is 1. The minimum atomic E-state index is -0.230. The third kappa shape index (κ3) is 2.13. The van der Waals surface area contributed by atoms with Crippen LogP contribution in [0.25, 0.3) is 21.1 Å². The number of aromatic amines is 1. The Morgan fingerprint density at radius 3 is 2.96 bits per heavy atom. The molecule has 24 heavy (non-hydrogen) atoms. The lowest BCUT2D eigenvalue weighted by Gasteiger charge is -2.06. The molecule has 0 spiro atoms. The van der Waals surface area contributed by atoms with Gasteiger partial charge in [-0.2, -0.15) is 0 Å². The predicted octanol–water partition coefficient (Wildman–Crippen LogP) is 3.04. The number of carbonyl (C=O) groups is 1. The maximum Gasteiger partial charge on any atom is 0.266 e. The van der Waals surface area contributed by atoms with E-state index in [-0.39, 0.29) is 11.5 Å². The Bertz CT molecular complexity index is 1150. The Kier molecular flexibility index (Phi) is 3.24. The van der Waals surface area contributed by atoms with Gasteiger partial charge in [0, 0.05) is 24.1 Å². The van der Waals surface area contributed by atoms with E-state index < -0.39 is 0 Å². The van der Waals surface area contributed by atoms with Crippen LogP contribution in [0.1, 0.15) is 15.2 Å². The van der Waals surface area contributed by atoms with Gasteiger partial charge in [0.25, 0.3) is 11.5 Å². The van der Waals surface area contributed by atoms with Crippen LogP contribution < -0.4 is 10.9 Å². The maximum atomic E-state index is 12.7. The summed E-state index contributed by atoms with van der Waals surface area (Å²) in [7, 11) is 1.96. The third-order valence-electron chi connectivity index (χ3n) is 4.12. The fourth-order valence-electron chi connectivity index (χ4n) is 2.89. The molecule has 4 aromatic rings. The van der Waals surface area contributed by atoms with Gasteiger partial charge in [-0.3, -0.25) is 9.59 Å². The Morgan fingerprint density at radius 2 is 2.17 bits per heavy atom. The molecule has 0 unspecified atom stereocenters. The SMILES string of the molecule is Cc1c(C(=O)Nc2cccc3c2ccn3C)sc2nc[nH]c(=O)c12. The van der Waals surface area contributed by atoms with E-state index in [1.807, 2.05) is 42.1 Å². The highest BCUT2D eigenvalue weighted by atomic mass is 32.1. The van der Waals surface area contributed by atoms with Gasteiger partial charge in [0.2, 0.25) is 0 Å². The second-order valence-corrected chi connectivity index (χ2v) is 6.59. The zero-order valence-electron chi connectivity index (χ0n) is 13.1. The van der Waals surface area contributed by atoms with Crippen LogP contribution in [0.15, 0.2) is 41.6 Å². The van der Waals surface area contributed by atoms with Crippen LogP contribution in [0.3, 0.4) is 0 Å². The number of aryl methyl sites for hydroxylation is 2. The lowest BCUT2D eigenvalue weighted by Crippen LogP contribution is -2.12. The van der Waals surface area contributed by atoms with E-state index in [1.165, 1.54) is 17.7 Å². The molecule has 120 valence electrons. The molecule has 0 atom stereocenters. The molecule has 0 bridgehead atoms. The second kappa shape index (κ2) is 5.31. The first-order valence-corrected chi connectivity index (χ1v) is 8.20. The molecule has 4 rings (SSSR count). The molecular formula is C17H14N4O2S. The van der Waals surface area contributed by atoms with E-state index in [1.54, 1.807) is 6.92 Å². The topological polar surface area (TPSA) is 79.8 Å². The van der Waals surface area contributed by atoms with Crippen LogP contribution in [-0.4, -0.2) is 20.4 Å². The van der Waals surface area contributed by atoms with E-state index >= 15 is 0 Å². The largest absolute Gasteiger partial charge is 0.350 e. The van der Waals surface area contributed by atoms with Gasteiger partial charge >= 0.3 is 0 Å². The average Bonchev–Trinajstić information content (AvgIpc) is 3.10. The molecule has 0 saturated carbocycles. The molecule has 3 heterocycles. The summed E-state index contributed by atoms with van der Waals surface area (Å²) in [5, 5.41) is 4.41. The first-order chi connectivity index (χ1) is 11.6. The number of aromatic nitrogens is 3. The third-order valence-corrected chi connectivity index (χ3v) is 5.31. The molecule has 6 nitrogen and oxygen atoms in total. The first kappa shape index (κ1) is 14.6.